The highest BCUT2D eigenvalue weighted by atomic mass is 16.5. The van der Waals surface area contributed by atoms with Gasteiger partial charge >= 0.3 is 0 Å². The van der Waals surface area contributed by atoms with Crippen LogP contribution in [-0.2, 0) is 13.0 Å². The lowest BCUT2D eigenvalue weighted by molar-refractivity contribution is 0.247. The minimum absolute atomic E-state index is 0.00132. The van der Waals surface area contributed by atoms with Crippen molar-refractivity contribution in [3.63, 3.8) is 0 Å². The van der Waals surface area contributed by atoms with E-state index in [1.54, 1.807) is 0 Å². The van der Waals surface area contributed by atoms with Gasteiger partial charge in [-0.25, -0.2) is 0 Å². The fourth-order valence-electron chi connectivity index (χ4n) is 2.07. The highest BCUT2D eigenvalue weighted by Crippen LogP contribution is 2.25. The Morgan fingerprint density at radius 3 is 2.37 bits per heavy atom. The quantitative estimate of drug-likeness (QED) is 0.893. The van der Waals surface area contributed by atoms with Gasteiger partial charge < -0.3 is 14.3 Å². The van der Waals surface area contributed by atoms with E-state index in [-0.39, 0.29) is 13.2 Å². The van der Waals surface area contributed by atoms with Gasteiger partial charge in [0.25, 0.3) is 5.89 Å². The zero-order valence-electron chi connectivity index (χ0n) is 11.4. The number of nitrogens with zero attached hydrogens (tertiary/aromatic N) is 2. The predicted octanol–water partition coefficient (Wildman–Crippen LogP) is 2.11. The second kappa shape index (κ2) is 5.84. The lowest BCUT2D eigenvalue weighted by Gasteiger charge is -2.11. The van der Waals surface area contributed by atoms with Crippen molar-refractivity contribution < 1.29 is 14.3 Å². The van der Waals surface area contributed by atoms with Crippen LogP contribution in [0.1, 0.15) is 28.5 Å². The van der Waals surface area contributed by atoms with Crippen molar-refractivity contribution in [2.75, 3.05) is 6.61 Å². The molecule has 0 fully saturated rings. The average molecular weight is 262 g/mol. The maximum absolute atomic E-state index is 8.78. The van der Waals surface area contributed by atoms with Gasteiger partial charge in [-0.3, -0.25) is 0 Å². The summed E-state index contributed by atoms with van der Waals surface area (Å²) in [4.78, 5) is 0. The fourth-order valence-corrected chi connectivity index (χ4v) is 2.07. The van der Waals surface area contributed by atoms with Crippen LogP contribution in [0, 0.1) is 20.8 Å². The van der Waals surface area contributed by atoms with E-state index >= 15 is 0 Å². The summed E-state index contributed by atoms with van der Waals surface area (Å²) in [6.07, 6.45) is 0.371. The molecule has 0 aliphatic carbocycles. The minimum Gasteiger partial charge on any atom is -0.483 e. The monoisotopic (exact) mass is 262 g/mol. The van der Waals surface area contributed by atoms with E-state index in [0.717, 1.165) is 16.9 Å². The van der Waals surface area contributed by atoms with Crippen molar-refractivity contribution in [1.29, 1.82) is 0 Å². The minimum atomic E-state index is -0.00132. The lowest BCUT2D eigenvalue weighted by Crippen LogP contribution is -1.99. The van der Waals surface area contributed by atoms with Gasteiger partial charge in [0.1, 0.15) is 5.75 Å². The van der Waals surface area contributed by atoms with Crippen LogP contribution in [0.15, 0.2) is 16.5 Å². The Morgan fingerprint density at radius 1 is 1.11 bits per heavy atom. The van der Waals surface area contributed by atoms with Crippen molar-refractivity contribution in [3.05, 3.63) is 40.6 Å². The number of aliphatic hydroxyl groups is 1. The number of aliphatic hydroxyl groups excluding tert-OH is 1. The standard InChI is InChI=1S/C14H18N2O3/c1-9-6-10(2)14(11(3)7-9)18-8-13-16-15-12(19-13)4-5-17/h6-7,17H,4-5,8H2,1-3H3. The fraction of sp³-hybridized carbons (Fsp3) is 0.429. The Bertz CT molecular complexity index is 541. The third kappa shape index (κ3) is 3.32. The number of aromatic nitrogens is 2. The van der Waals surface area contributed by atoms with E-state index in [4.69, 9.17) is 14.3 Å². The molecule has 102 valence electrons. The van der Waals surface area contributed by atoms with Crippen LogP contribution in [0.5, 0.6) is 5.75 Å². The van der Waals surface area contributed by atoms with Gasteiger partial charge in [-0.2, -0.15) is 0 Å². The van der Waals surface area contributed by atoms with E-state index in [1.165, 1.54) is 5.56 Å². The molecule has 2 aromatic rings. The van der Waals surface area contributed by atoms with Crippen molar-refractivity contribution in [2.24, 2.45) is 0 Å². The summed E-state index contributed by atoms with van der Waals surface area (Å²) in [5, 5.41) is 16.5. The van der Waals surface area contributed by atoms with Crippen molar-refractivity contribution >= 4 is 0 Å². The van der Waals surface area contributed by atoms with Gasteiger partial charge in [0.2, 0.25) is 5.89 Å². The van der Waals surface area contributed by atoms with Crippen LogP contribution in [0.25, 0.3) is 0 Å². The molecular formula is C14H18N2O3. The zero-order valence-corrected chi connectivity index (χ0v) is 11.4. The third-order valence-electron chi connectivity index (χ3n) is 2.78. The maximum atomic E-state index is 8.78. The Hall–Kier alpha value is -1.88. The van der Waals surface area contributed by atoms with E-state index in [2.05, 4.69) is 29.3 Å². The molecule has 0 radical (unpaired) electrons. The molecule has 1 aromatic carbocycles. The molecule has 0 amide bonds. The van der Waals surface area contributed by atoms with Crippen molar-refractivity contribution in [3.8, 4) is 5.75 Å². The molecule has 0 saturated carbocycles. The molecule has 1 N–H and O–H groups in total. The van der Waals surface area contributed by atoms with Crippen LogP contribution in [0.3, 0.4) is 0 Å². The van der Waals surface area contributed by atoms with Gasteiger partial charge in [0.15, 0.2) is 6.61 Å². The largest absolute Gasteiger partial charge is 0.483 e. The Morgan fingerprint density at radius 2 is 1.74 bits per heavy atom. The summed E-state index contributed by atoms with van der Waals surface area (Å²) in [5.41, 5.74) is 3.39. The number of hydrogen-bond acceptors (Lipinski definition) is 5. The molecule has 0 bridgehead atoms. The molecule has 1 aromatic heterocycles. The topological polar surface area (TPSA) is 68.4 Å². The average Bonchev–Trinajstić information content (AvgIpc) is 2.76. The van der Waals surface area contributed by atoms with Crippen LogP contribution in [-0.4, -0.2) is 21.9 Å². The molecule has 0 spiro atoms. The summed E-state index contributed by atoms with van der Waals surface area (Å²) in [5.74, 6) is 1.70. The summed E-state index contributed by atoms with van der Waals surface area (Å²) >= 11 is 0. The molecule has 2 rings (SSSR count). The van der Waals surface area contributed by atoms with E-state index in [1.807, 2.05) is 13.8 Å². The first-order valence-electron chi connectivity index (χ1n) is 6.23. The third-order valence-corrected chi connectivity index (χ3v) is 2.78. The van der Waals surface area contributed by atoms with Crippen LogP contribution >= 0.6 is 0 Å². The number of aryl methyl sites for hydroxylation is 3. The number of ether oxygens (including phenoxy) is 1. The first kappa shape index (κ1) is 13.5. The molecule has 0 atom stereocenters. The van der Waals surface area contributed by atoms with Gasteiger partial charge in [-0.15, -0.1) is 10.2 Å². The van der Waals surface area contributed by atoms with E-state index in [9.17, 15) is 0 Å². The van der Waals surface area contributed by atoms with Crippen LogP contribution in [0.4, 0.5) is 0 Å². The van der Waals surface area contributed by atoms with Crippen LogP contribution in [0.2, 0.25) is 0 Å². The molecular weight excluding hydrogens is 244 g/mol. The molecule has 0 aliphatic rings. The van der Waals surface area contributed by atoms with Gasteiger partial charge in [-0.1, -0.05) is 17.7 Å². The number of rotatable bonds is 5. The SMILES string of the molecule is Cc1cc(C)c(OCc2nnc(CCO)o2)c(C)c1. The van der Waals surface area contributed by atoms with Crippen LogP contribution < -0.4 is 4.74 Å². The number of benzene rings is 1. The lowest BCUT2D eigenvalue weighted by atomic mass is 10.1. The Kier molecular flexibility index (Phi) is 4.16. The summed E-state index contributed by atoms with van der Waals surface area (Å²) in [6.45, 7) is 6.32. The summed E-state index contributed by atoms with van der Waals surface area (Å²) < 4.78 is 11.1. The molecule has 19 heavy (non-hydrogen) atoms. The molecule has 1 heterocycles. The van der Waals surface area contributed by atoms with Gasteiger partial charge in [0, 0.05) is 6.42 Å². The maximum Gasteiger partial charge on any atom is 0.253 e. The second-order valence-corrected chi connectivity index (χ2v) is 4.58. The summed E-state index contributed by atoms with van der Waals surface area (Å²) in [7, 11) is 0. The van der Waals surface area contributed by atoms with E-state index in [0.29, 0.717) is 18.2 Å². The Labute approximate surface area is 112 Å². The van der Waals surface area contributed by atoms with Gasteiger partial charge in [0.05, 0.1) is 6.61 Å². The first-order chi connectivity index (χ1) is 9.10. The van der Waals surface area contributed by atoms with E-state index < -0.39 is 0 Å². The highest BCUT2D eigenvalue weighted by molar-refractivity contribution is 5.42. The first-order valence-corrected chi connectivity index (χ1v) is 6.23. The zero-order chi connectivity index (χ0) is 13.8. The summed E-state index contributed by atoms with van der Waals surface area (Å²) in [6, 6.07) is 4.15. The molecule has 0 unspecified atom stereocenters. The highest BCUT2D eigenvalue weighted by Gasteiger charge is 2.09. The molecule has 0 saturated heterocycles. The number of hydrogen-bond donors (Lipinski definition) is 1. The second-order valence-electron chi connectivity index (χ2n) is 4.58. The predicted molar refractivity (Wildman–Crippen MR) is 70.1 cm³/mol. The Balaban J connectivity index is 2.05. The van der Waals surface area contributed by atoms with Crippen molar-refractivity contribution in [2.45, 2.75) is 33.8 Å². The van der Waals surface area contributed by atoms with Crippen molar-refractivity contribution in [1.82, 2.24) is 10.2 Å². The van der Waals surface area contributed by atoms with Gasteiger partial charge in [-0.05, 0) is 31.9 Å². The molecule has 5 heteroatoms. The molecule has 5 nitrogen and oxygen atoms in total. The smallest absolute Gasteiger partial charge is 0.253 e. The molecule has 0 aliphatic heterocycles. The normalized spacial score (nSPS) is 10.7.